The number of hydrogen-bond donors (Lipinski definition) is 2. The van der Waals surface area contributed by atoms with Crippen molar-refractivity contribution in [3.05, 3.63) is 12.1 Å². The third-order valence-electron chi connectivity index (χ3n) is 3.94. The van der Waals surface area contributed by atoms with E-state index in [9.17, 15) is 0 Å². The zero-order valence-electron chi connectivity index (χ0n) is 13.3. The summed E-state index contributed by atoms with van der Waals surface area (Å²) in [4.78, 5) is 6.94. The summed E-state index contributed by atoms with van der Waals surface area (Å²) in [6.45, 7) is 9.43. The number of likely N-dealkylation sites (tertiary alicyclic amines) is 1. The second-order valence-corrected chi connectivity index (χ2v) is 5.89. The Balaban J connectivity index is 1.77. The zero-order chi connectivity index (χ0) is 15.1. The number of piperidine rings is 1. The standard InChI is InChI=1S/C16H28N4O/c1-3-12-21-16-14(17)4-5-15(19-16)18-8-11-20-9-6-13(2)7-10-20/h4-5,13H,3,6-12,17H2,1-2H3,(H,18,19). The highest BCUT2D eigenvalue weighted by Crippen LogP contribution is 2.21. The van der Waals surface area contributed by atoms with Crippen LogP contribution in [0.2, 0.25) is 0 Å². The van der Waals surface area contributed by atoms with Gasteiger partial charge in [-0.15, -0.1) is 0 Å². The van der Waals surface area contributed by atoms with Crippen molar-refractivity contribution in [2.24, 2.45) is 5.92 Å². The van der Waals surface area contributed by atoms with E-state index in [0.29, 0.717) is 18.2 Å². The molecular weight excluding hydrogens is 264 g/mol. The highest BCUT2D eigenvalue weighted by Gasteiger charge is 2.14. The van der Waals surface area contributed by atoms with Crippen LogP contribution in [0.5, 0.6) is 5.88 Å². The molecule has 21 heavy (non-hydrogen) atoms. The normalized spacial score (nSPS) is 16.9. The molecule has 0 atom stereocenters. The van der Waals surface area contributed by atoms with Crippen molar-refractivity contribution in [1.29, 1.82) is 0 Å². The highest BCUT2D eigenvalue weighted by molar-refractivity contribution is 5.53. The lowest BCUT2D eigenvalue weighted by Crippen LogP contribution is -2.36. The third kappa shape index (κ3) is 5.08. The van der Waals surface area contributed by atoms with Crippen LogP contribution in [0.25, 0.3) is 0 Å². The van der Waals surface area contributed by atoms with Gasteiger partial charge in [0.1, 0.15) is 5.82 Å². The fourth-order valence-corrected chi connectivity index (χ4v) is 2.49. The zero-order valence-corrected chi connectivity index (χ0v) is 13.3. The summed E-state index contributed by atoms with van der Waals surface area (Å²) in [6, 6.07) is 3.76. The predicted octanol–water partition coefficient (Wildman–Crippen LogP) is 2.60. The number of pyridine rings is 1. The van der Waals surface area contributed by atoms with Gasteiger partial charge in [0.15, 0.2) is 0 Å². The number of nitrogen functional groups attached to an aromatic ring is 1. The summed E-state index contributed by atoms with van der Waals surface area (Å²) in [6.07, 6.45) is 3.58. The van der Waals surface area contributed by atoms with Gasteiger partial charge in [-0.3, -0.25) is 0 Å². The van der Waals surface area contributed by atoms with Crippen molar-refractivity contribution in [3.8, 4) is 5.88 Å². The number of nitrogens with zero attached hydrogens (tertiary/aromatic N) is 2. The lowest BCUT2D eigenvalue weighted by molar-refractivity contribution is 0.199. The highest BCUT2D eigenvalue weighted by atomic mass is 16.5. The van der Waals surface area contributed by atoms with Crippen LogP contribution in [-0.4, -0.2) is 42.7 Å². The minimum absolute atomic E-state index is 0.536. The summed E-state index contributed by atoms with van der Waals surface area (Å²) >= 11 is 0. The molecule has 3 N–H and O–H groups in total. The van der Waals surface area contributed by atoms with Crippen LogP contribution < -0.4 is 15.8 Å². The first-order valence-electron chi connectivity index (χ1n) is 8.04. The van der Waals surface area contributed by atoms with Crippen LogP contribution in [0.4, 0.5) is 11.5 Å². The van der Waals surface area contributed by atoms with Crippen LogP contribution >= 0.6 is 0 Å². The topological polar surface area (TPSA) is 63.4 Å². The molecule has 0 aromatic carbocycles. The van der Waals surface area contributed by atoms with Gasteiger partial charge in [0.05, 0.1) is 12.3 Å². The van der Waals surface area contributed by atoms with Gasteiger partial charge in [-0.05, 0) is 50.4 Å². The Morgan fingerprint density at radius 2 is 2.14 bits per heavy atom. The average Bonchev–Trinajstić information content (AvgIpc) is 2.49. The molecule has 0 bridgehead atoms. The van der Waals surface area contributed by atoms with E-state index < -0.39 is 0 Å². The first-order chi connectivity index (χ1) is 10.2. The van der Waals surface area contributed by atoms with Gasteiger partial charge in [-0.25, -0.2) is 0 Å². The predicted molar refractivity (Wildman–Crippen MR) is 87.8 cm³/mol. The Morgan fingerprint density at radius 3 is 2.86 bits per heavy atom. The van der Waals surface area contributed by atoms with Crippen molar-refractivity contribution in [3.63, 3.8) is 0 Å². The first-order valence-corrected chi connectivity index (χ1v) is 8.04. The van der Waals surface area contributed by atoms with Crippen molar-refractivity contribution in [2.45, 2.75) is 33.1 Å². The molecule has 0 unspecified atom stereocenters. The summed E-state index contributed by atoms with van der Waals surface area (Å²) in [7, 11) is 0. The van der Waals surface area contributed by atoms with E-state index in [1.165, 1.54) is 25.9 Å². The number of ether oxygens (including phenoxy) is 1. The Hall–Kier alpha value is -1.49. The molecule has 1 aliphatic heterocycles. The smallest absolute Gasteiger partial charge is 0.239 e. The average molecular weight is 292 g/mol. The summed E-state index contributed by atoms with van der Waals surface area (Å²) in [5.74, 6) is 2.25. The molecule has 1 aromatic rings. The maximum Gasteiger partial charge on any atom is 0.239 e. The van der Waals surface area contributed by atoms with Crippen molar-refractivity contribution in [1.82, 2.24) is 9.88 Å². The minimum Gasteiger partial charge on any atom is -0.476 e. The minimum atomic E-state index is 0.536. The summed E-state index contributed by atoms with van der Waals surface area (Å²) in [5, 5.41) is 3.36. The largest absolute Gasteiger partial charge is 0.476 e. The number of nitrogens with one attached hydrogen (secondary N) is 1. The number of nitrogens with two attached hydrogens (primary N) is 1. The van der Waals surface area contributed by atoms with E-state index in [1.807, 2.05) is 12.1 Å². The number of aromatic nitrogens is 1. The molecule has 5 nitrogen and oxygen atoms in total. The molecule has 1 aromatic heterocycles. The van der Waals surface area contributed by atoms with Crippen molar-refractivity contribution < 1.29 is 4.74 Å². The Morgan fingerprint density at radius 1 is 1.38 bits per heavy atom. The van der Waals surface area contributed by atoms with Crippen LogP contribution in [0, 0.1) is 5.92 Å². The molecule has 0 amide bonds. The Labute approximate surface area is 127 Å². The van der Waals surface area contributed by atoms with Gasteiger partial charge in [0.25, 0.3) is 0 Å². The van der Waals surface area contributed by atoms with E-state index in [-0.39, 0.29) is 0 Å². The monoisotopic (exact) mass is 292 g/mol. The Kier molecular flexibility index (Phi) is 6.11. The lowest BCUT2D eigenvalue weighted by Gasteiger charge is -2.30. The SMILES string of the molecule is CCCOc1nc(NCCN2CCC(C)CC2)ccc1N. The van der Waals surface area contributed by atoms with Gasteiger partial charge in [0.2, 0.25) is 5.88 Å². The quantitative estimate of drug-likeness (QED) is 0.809. The lowest BCUT2D eigenvalue weighted by atomic mass is 9.99. The molecule has 1 aliphatic rings. The fraction of sp³-hybridized carbons (Fsp3) is 0.688. The number of anilines is 2. The molecule has 0 radical (unpaired) electrons. The van der Waals surface area contributed by atoms with Gasteiger partial charge >= 0.3 is 0 Å². The molecular formula is C16H28N4O. The molecule has 0 aliphatic carbocycles. The number of rotatable bonds is 7. The van der Waals surface area contributed by atoms with E-state index in [4.69, 9.17) is 10.5 Å². The maximum absolute atomic E-state index is 5.87. The van der Waals surface area contributed by atoms with Crippen LogP contribution in [0.3, 0.4) is 0 Å². The summed E-state index contributed by atoms with van der Waals surface area (Å²) < 4.78 is 5.55. The molecule has 1 fully saturated rings. The van der Waals surface area contributed by atoms with Gasteiger partial charge in [-0.2, -0.15) is 4.98 Å². The van der Waals surface area contributed by atoms with E-state index in [1.54, 1.807) is 0 Å². The van der Waals surface area contributed by atoms with Crippen LogP contribution in [0.1, 0.15) is 33.1 Å². The van der Waals surface area contributed by atoms with Gasteiger partial charge < -0.3 is 20.7 Å². The van der Waals surface area contributed by atoms with Crippen molar-refractivity contribution in [2.75, 3.05) is 43.8 Å². The third-order valence-corrected chi connectivity index (χ3v) is 3.94. The van der Waals surface area contributed by atoms with Crippen LogP contribution in [-0.2, 0) is 0 Å². The van der Waals surface area contributed by atoms with E-state index in [2.05, 4.69) is 29.0 Å². The van der Waals surface area contributed by atoms with Crippen LogP contribution in [0.15, 0.2) is 12.1 Å². The maximum atomic E-state index is 5.87. The van der Waals surface area contributed by atoms with Gasteiger partial charge in [0, 0.05) is 13.1 Å². The molecule has 118 valence electrons. The molecule has 1 saturated heterocycles. The molecule has 2 rings (SSSR count). The fourth-order valence-electron chi connectivity index (χ4n) is 2.49. The molecule has 0 spiro atoms. The first kappa shape index (κ1) is 15.9. The molecule has 5 heteroatoms. The van der Waals surface area contributed by atoms with Crippen molar-refractivity contribution >= 4 is 11.5 Å². The second-order valence-electron chi connectivity index (χ2n) is 5.89. The Bertz CT molecular complexity index is 430. The summed E-state index contributed by atoms with van der Waals surface area (Å²) in [5.41, 5.74) is 6.46. The molecule has 2 heterocycles. The van der Waals surface area contributed by atoms with Gasteiger partial charge in [-0.1, -0.05) is 13.8 Å². The number of hydrogen-bond acceptors (Lipinski definition) is 5. The second kappa shape index (κ2) is 8.08. The molecule has 0 saturated carbocycles. The van der Waals surface area contributed by atoms with E-state index >= 15 is 0 Å². The van der Waals surface area contributed by atoms with E-state index in [0.717, 1.165) is 31.2 Å².